The predicted octanol–water partition coefficient (Wildman–Crippen LogP) is 3.86. The Labute approximate surface area is 154 Å². The third kappa shape index (κ3) is 5.34. The highest BCUT2D eigenvalue weighted by molar-refractivity contribution is 5.98. The van der Waals surface area contributed by atoms with Crippen molar-refractivity contribution < 1.29 is 14.3 Å². The van der Waals surface area contributed by atoms with E-state index in [1.165, 1.54) is 0 Å². The van der Waals surface area contributed by atoms with Crippen molar-refractivity contribution in [1.82, 2.24) is 10.6 Å². The SMILES string of the molecule is CC(C)NC(=O)CNC(=O)c1ccccc1Oc1ccccc1C(C)C. The standard InChI is InChI=1S/C21H26N2O3/c1-14(2)16-9-5-7-11-18(16)26-19-12-8-6-10-17(19)21(25)22-13-20(24)23-15(3)4/h5-12,14-15H,13H2,1-4H3,(H,22,25)(H,23,24). The van der Waals surface area contributed by atoms with E-state index in [0.29, 0.717) is 17.2 Å². The summed E-state index contributed by atoms with van der Waals surface area (Å²) in [4.78, 5) is 24.2. The Bertz CT molecular complexity index is 769. The lowest BCUT2D eigenvalue weighted by atomic mass is 10.0. The molecule has 2 aromatic carbocycles. The molecule has 0 aliphatic carbocycles. The van der Waals surface area contributed by atoms with Crippen molar-refractivity contribution in [1.29, 1.82) is 0 Å². The lowest BCUT2D eigenvalue weighted by Crippen LogP contribution is -2.39. The molecule has 0 saturated carbocycles. The van der Waals surface area contributed by atoms with Crippen LogP contribution in [-0.4, -0.2) is 24.4 Å². The zero-order valence-electron chi connectivity index (χ0n) is 15.7. The summed E-state index contributed by atoms with van der Waals surface area (Å²) < 4.78 is 6.03. The zero-order chi connectivity index (χ0) is 19.1. The molecule has 5 nitrogen and oxygen atoms in total. The summed E-state index contributed by atoms with van der Waals surface area (Å²) in [6, 6.07) is 14.8. The first-order valence-electron chi connectivity index (χ1n) is 8.82. The summed E-state index contributed by atoms with van der Waals surface area (Å²) in [5.41, 5.74) is 1.46. The molecule has 2 amide bonds. The van der Waals surface area contributed by atoms with Gasteiger partial charge in [-0.15, -0.1) is 0 Å². The molecule has 5 heteroatoms. The minimum Gasteiger partial charge on any atom is -0.456 e. The molecule has 0 unspecified atom stereocenters. The fraction of sp³-hybridized carbons (Fsp3) is 0.333. The van der Waals surface area contributed by atoms with Crippen molar-refractivity contribution >= 4 is 11.8 Å². The number of para-hydroxylation sites is 2. The molecule has 26 heavy (non-hydrogen) atoms. The van der Waals surface area contributed by atoms with Crippen LogP contribution in [0.4, 0.5) is 0 Å². The highest BCUT2D eigenvalue weighted by Gasteiger charge is 2.16. The van der Waals surface area contributed by atoms with Crippen LogP contribution in [0.25, 0.3) is 0 Å². The summed E-state index contributed by atoms with van der Waals surface area (Å²) in [7, 11) is 0. The number of benzene rings is 2. The van der Waals surface area contributed by atoms with Crippen LogP contribution in [0.1, 0.15) is 49.5 Å². The molecule has 0 saturated heterocycles. The maximum Gasteiger partial charge on any atom is 0.255 e. The summed E-state index contributed by atoms with van der Waals surface area (Å²) in [5, 5.41) is 5.38. The van der Waals surface area contributed by atoms with Gasteiger partial charge in [-0.2, -0.15) is 0 Å². The van der Waals surface area contributed by atoms with Crippen LogP contribution in [0.5, 0.6) is 11.5 Å². The van der Waals surface area contributed by atoms with Crippen LogP contribution < -0.4 is 15.4 Å². The van der Waals surface area contributed by atoms with Crippen LogP contribution >= 0.6 is 0 Å². The van der Waals surface area contributed by atoms with E-state index in [2.05, 4.69) is 24.5 Å². The van der Waals surface area contributed by atoms with Gasteiger partial charge in [-0.1, -0.05) is 44.2 Å². The summed E-state index contributed by atoms with van der Waals surface area (Å²) in [6.07, 6.45) is 0. The number of hydrogen-bond acceptors (Lipinski definition) is 3. The van der Waals surface area contributed by atoms with Crippen molar-refractivity contribution in [3.05, 3.63) is 59.7 Å². The Morgan fingerprint density at radius 1 is 0.923 bits per heavy atom. The van der Waals surface area contributed by atoms with Crippen molar-refractivity contribution in [2.24, 2.45) is 0 Å². The molecule has 0 fully saturated rings. The summed E-state index contributed by atoms with van der Waals surface area (Å²) in [5.74, 6) is 0.910. The van der Waals surface area contributed by atoms with Crippen LogP contribution in [0.3, 0.4) is 0 Å². The van der Waals surface area contributed by atoms with Crippen LogP contribution in [0.2, 0.25) is 0 Å². The van der Waals surface area contributed by atoms with Gasteiger partial charge in [0.1, 0.15) is 11.5 Å². The quantitative estimate of drug-likeness (QED) is 0.793. The van der Waals surface area contributed by atoms with E-state index in [-0.39, 0.29) is 24.4 Å². The molecule has 0 spiro atoms. The minimum absolute atomic E-state index is 0.0301. The molecule has 2 aromatic rings. The Kier molecular flexibility index (Phi) is 6.78. The van der Waals surface area contributed by atoms with Gasteiger partial charge in [0.2, 0.25) is 5.91 Å². The average molecular weight is 354 g/mol. The van der Waals surface area contributed by atoms with Gasteiger partial charge in [-0.3, -0.25) is 9.59 Å². The fourth-order valence-electron chi connectivity index (χ4n) is 2.54. The normalized spacial score (nSPS) is 10.7. The second-order valence-electron chi connectivity index (χ2n) is 6.70. The number of nitrogens with one attached hydrogen (secondary N) is 2. The molecule has 2 rings (SSSR count). The predicted molar refractivity (Wildman–Crippen MR) is 103 cm³/mol. The molecular formula is C21H26N2O3. The smallest absolute Gasteiger partial charge is 0.255 e. The van der Waals surface area contributed by atoms with Gasteiger partial charge in [0.05, 0.1) is 12.1 Å². The Balaban J connectivity index is 2.15. The zero-order valence-corrected chi connectivity index (χ0v) is 15.7. The first-order valence-corrected chi connectivity index (χ1v) is 8.82. The molecule has 0 atom stereocenters. The molecule has 0 bridgehead atoms. The van der Waals surface area contributed by atoms with Gasteiger partial charge >= 0.3 is 0 Å². The number of ether oxygens (including phenoxy) is 1. The van der Waals surface area contributed by atoms with E-state index in [0.717, 1.165) is 11.3 Å². The number of rotatable bonds is 7. The van der Waals surface area contributed by atoms with Gasteiger partial charge in [0, 0.05) is 6.04 Å². The van der Waals surface area contributed by atoms with E-state index >= 15 is 0 Å². The van der Waals surface area contributed by atoms with Crippen LogP contribution in [-0.2, 0) is 4.79 Å². The second kappa shape index (κ2) is 9.04. The van der Waals surface area contributed by atoms with Gasteiger partial charge < -0.3 is 15.4 Å². The molecule has 0 aliphatic rings. The monoisotopic (exact) mass is 354 g/mol. The van der Waals surface area contributed by atoms with Gasteiger partial charge in [-0.25, -0.2) is 0 Å². The van der Waals surface area contributed by atoms with Gasteiger partial charge in [0.25, 0.3) is 5.91 Å². The maximum absolute atomic E-state index is 12.5. The largest absolute Gasteiger partial charge is 0.456 e. The van der Waals surface area contributed by atoms with Crippen molar-refractivity contribution in [3.8, 4) is 11.5 Å². The van der Waals surface area contributed by atoms with E-state index < -0.39 is 0 Å². The lowest BCUT2D eigenvalue weighted by Gasteiger charge is -2.16. The highest BCUT2D eigenvalue weighted by atomic mass is 16.5. The topological polar surface area (TPSA) is 67.4 Å². The third-order valence-corrected chi connectivity index (χ3v) is 3.75. The molecule has 0 heterocycles. The van der Waals surface area contributed by atoms with Crippen LogP contribution in [0.15, 0.2) is 48.5 Å². The Morgan fingerprint density at radius 3 is 2.19 bits per heavy atom. The van der Waals surface area contributed by atoms with E-state index in [1.807, 2.05) is 44.2 Å². The van der Waals surface area contributed by atoms with E-state index in [4.69, 9.17) is 4.74 Å². The number of carbonyl (C=O) groups excluding carboxylic acids is 2. The average Bonchev–Trinajstić information content (AvgIpc) is 2.60. The Morgan fingerprint density at radius 2 is 1.54 bits per heavy atom. The molecule has 0 aliphatic heterocycles. The first kappa shape index (κ1) is 19.5. The van der Waals surface area contributed by atoms with Gasteiger partial charge in [-0.05, 0) is 43.5 Å². The lowest BCUT2D eigenvalue weighted by molar-refractivity contribution is -0.120. The molecular weight excluding hydrogens is 328 g/mol. The maximum atomic E-state index is 12.5. The highest BCUT2D eigenvalue weighted by Crippen LogP contribution is 2.31. The molecule has 0 aromatic heterocycles. The number of hydrogen-bond donors (Lipinski definition) is 2. The van der Waals surface area contributed by atoms with E-state index in [9.17, 15) is 9.59 Å². The Hall–Kier alpha value is -2.82. The first-order chi connectivity index (χ1) is 12.4. The van der Waals surface area contributed by atoms with E-state index in [1.54, 1.807) is 18.2 Å². The summed E-state index contributed by atoms with van der Waals surface area (Å²) in [6.45, 7) is 7.85. The van der Waals surface area contributed by atoms with Crippen molar-refractivity contribution in [2.45, 2.75) is 39.7 Å². The van der Waals surface area contributed by atoms with Crippen molar-refractivity contribution in [3.63, 3.8) is 0 Å². The third-order valence-electron chi connectivity index (χ3n) is 3.75. The van der Waals surface area contributed by atoms with Crippen LogP contribution in [0, 0.1) is 0 Å². The molecule has 2 N–H and O–H groups in total. The van der Waals surface area contributed by atoms with Gasteiger partial charge in [0.15, 0.2) is 0 Å². The van der Waals surface area contributed by atoms with Crippen molar-refractivity contribution in [2.75, 3.05) is 6.54 Å². The fourth-order valence-corrected chi connectivity index (χ4v) is 2.54. The number of amides is 2. The second-order valence-corrected chi connectivity index (χ2v) is 6.70. The minimum atomic E-state index is -0.346. The summed E-state index contributed by atoms with van der Waals surface area (Å²) >= 11 is 0. The number of carbonyl (C=O) groups is 2. The molecule has 138 valence electrons. The molecule has 0 radical (unpaired) electrons.